The highest BCUT2D eigenvalue weighted by molar-refractivity contribution is 14.0. The molecule has 0 aliphatic heterocycles. The van der Waals surface area contributed by atoms with Crippen LogP contribution in [0.2, 0.25) is 0 Å². The van der Waals surface area contributed by atoms with Crippen LogP contribution in [0.5, 0.6) is 11.5 Å². The number of nitriles is 1. The highest BCUT2D eigenvalue weighted by Crippen LogP contribution is 2.34. The number of rotatable bonds is 7. The van der Waals surface area contributed by atoms with Crippen molar-refractivity contribution in [3.8, 4) is 17.6 Å². The molecule has 0 unspecified atom stereocenters. The molecule has 3 rings (SSSR count). The summed E-state index contributed by atoms with van der Waals surface area (Å²) >= 11 is 0. The lowest BCUT2D eigenvalue weighted by molar-refractivity contribution is 0.198. The van der Waals surface area contributed by atoms with Crippen LogP contribution in [0.3, 0.4) is 0 Å². The largest absolute Gasteiger partial charge is 0.493 e. The van der Waals surface area contributed by atoms with E-state index in [-0.39, 0.29) is 30.1 Å². The molecule has 0 spiro atoms. The highest BCUT2D eigenvalue weighted by atomic mass is 127. The molecule has 0 radical (unpaired) electrons. The Balaban J connectivity index is 0.00000320. The van der Waals surface area contributed by atoms with Crippen molar-refractivity contribution in [2.75, 3.05) is 14.2 Å². The van der Waals surface area contributed by atoms with Gasteiger partial charge in [0.25, 0.3) is 0 Å². The summed E-state index contributed by atoms with van der Waals surface area (Å²) in [6, 6.07) is 15.6. The average molecular weight is 520 g/mol. The molecule has 6 nitrogen and oxygen atoms in total. The van der Waals surface area contributed by atoms with Crippen molar-refractivity contribution in [2.24, 2.45) is 4.99 Å². The number of halogens is 1. The van der Waals surface area contributed by atoms with Crippen molar-refractivity contribution >= 4 is 29.9 Å². The fourth-order valence-electron chi connectivity index (χ4n) is 3.45. The van der Waals surface area contributed by atoms with Crippen molar-refractivity contribution in [3.05, 3.63) is 59.2 Å². The number of ether oxygens (including phenoxy) is 2. The maximum absolute atomic E-state index is 8.90. The van der Waals surface area contributed by atoms with Gasteiger partial charge in [0.05, 0.1) is 24.8 Å². The molecule has 7 heteroatoms. The summed E-state index contributed by atoms with van der Waals surface area (Å²) in [5.41, 5.74) is 2.78. The minimum absolute atomic E-state index is 0. The van der Waals surface area contributed by atoms with Gasteiger partial charge in [-0.05, 0) is 49.4 Å². The monoisotopic (exact) mass is 520 g/mol. The Labute approximate surface area is 195 Å². The normalized spacial score (nSPS) is 13.8. The second-order valence-electron chi connectivity index (χ2n) is 7.06. The standard InChI is InChI=1S/C23H28N4O2.HI/c1-25-23(26-15-18-12-10-17(14-24)11-13-18)27-16-19-6-5-9-21(28-2)22(19)29-20-7-3-4-8-20;/h5-6,9-13,20H,3-4,7-8,15-16H2,1-2H3,(H2,25,26,27);1H. The Morgan fingerprint density at radius 3 is 2.43 bits per heavy atom. The van der Waals surface area contributed by atoms with Crippen LogP contribution >= 0.6 is 24.0 Å². The summed E-state index contributed by atoms with van der Waals surface area (Å²) in [7, 11) is 3.42. The van der Waals surface area contributed by atoms with Gasteiger partial charge < -0.3 is 20.1 Å². The van der Waals surface area contributed by atoms with Crippen LogP contribution in [-0.2, 0) is 13.1 Å². The van der Waals surface area contributed by atoms with E-state index in [4.69, 9.17) is 14.7 Å². The SMILES string of the molecule is CN=C(NCc1ccc(C#N)cc1)NCc1cccc(OC)c1OC1CCCC1.I. The van der Waals surface area contributed by atoms with Crippen LogP contribution in [0.4, 0.5) is 0 Å². The van der Waals surface area contributed by atoms with Gasteiger partial charge in [0.2, 0.25) is 0 Å². The third kappa shape index (κ3) is 6.52. The first-order valence-corrected chi connectivity index (χ1v) is 9.99. The quantitative estimate of drug-likeness (QED) is 0.322. The minimum Gasteiger partial charge on any atom is -0.493 e. The Kier molecular flexibility index (Phi) is 9.74. The number of aliphatic imine (C=N–C) groups is 1. The molecule has 160 valence electrons. The number of hydrogen-bond acceptors (Lipinski definition) is 4. The van der Waals surface area contributed by atoms with E-state index in [0.29, 0.717) is 24.6 Å². The highest BCUT2D eigenvalue weighted by Gasteiger charge is 2.20. The van der Waals surface area contributed by atoms with Crippen LogP contribution < -0.4 is 20.1 Å². The molecule has 2 aromatic carbocycles. The first-order valence-electron chi connectivity index (χ1n) is 9.99. The summed E-state index contributed by atoms with van der Waals surface area (Å²) in [4.78, 5) is 4.30. The summed E-state index contributed by atoms with van der Waals surface area (Å²) in [6.45, 7) is 1.20. The van der Waals surface area contributed by atoms with Crippen LogP contribution in [-0.4, -0.2) is 26.2 Å². The van der Waals surface area contributed by atoms with E-state index in [1.54, 1.807) is 14.2 Å². The van der Waals surface area contributed by atoms with Crippen LogP contribution in [0.1, 0.15) is 42.4 Å². The number of para-hydroxylation sites is 1. The van der Waals surface area contributed by atoms with Gasteiger partial charge in [-0.3, -0.25) is 4.99 Å². The molecule has 1 saturated carbocycles. The van der Waals surface area contributed by atoms with E-state index in [0.717, 1.165) is 35.5 Å². The molecule has 2 N–H and O–H groups in total. The smallest absolute Gasteiger partial charge is 0.191 e. The maximum Gasteiger partial charge on any atom is 0.191 e. The Bertz CT molecular complexity index is 872. The van der Waals surface area contributed by atoms with Crippen molar-refractivity contribution in [1.29, 1.82) is 5.26 Å². The van der Waals surface area contributed by atoms with Crippen molar-refractivity contribution < 1.29 is 9.47 Å². The molecule has 2 aromatic rings. The fraction of sp³-hybridized carbons (Fsp3) is 0.391. The van der Waals surface area contributed by atoms with Crippen LogP contribution in [0, 0.1) is 11.3 Å². The average Bonchev–Trinajstić information content (AvgIpc) is 3.28. The number of benzene rings is 2. The molecule has 1 aliphatic carbocycles. The number of nitrogens with one attached hydrogen (secondary N) is 2. The molecular weight excluding hydrogens is 491 g/mol. The molecule has 0 aromatic heterocycles. The third-order valence-corrected chi connectivity index (χ3v) is 5.08. The lowest BCUT2D eigenvalue weighted by atomic mass is 10.1. The summed E-state index contributed by atoms with van der Waals surface area (Å²) in [6.07, 6.45) is 4.90. The molecule has 0 saturated heterocycles. The van der Waals surface area contributed by atoms with E-state index in [1.165, 1.54) is 12.8 Å². The van der Waals surface area contributed by atoms with Gasteiger partial charge in [0, 0.05) is 25.7 Å². The summed E-state index contributed by atoms with van der Waals surface area (Å²) in [5, 5.41) is 15.5. The van der Waals surface area contributed by atoms with Crippen molar-refractivity contribution in [1.82, 2.24) is 10.6 Å². The van der Waals surface area contributed by atoms with E-state index in [2.05, 4.69) is 21.7 Å². The molecule has 1 aliphatic rings. The van der Waals surface area contributed by atoms with E-state index >= 15 is 0 Å². The molecule has 0 bridgehead atoms. The molecule has 30 heavy (non-hydrogen) atoms. The maximum atomic E-state index is 8.90. The lowest BCUT2D eigenvalue weighted by Gasteiger charge is -2.20. The van der Waals surface area contributed by atoms with E-state index in [9.17, 15) is 0 Å². The van der Waals surface area contributed by atoms with Gasteiger partial charge in [-0.1, -0.05) is 24.3 Å². The summed E-state index contributed by atoms with van der Waals surface area (Å²) < 4.78 is 11.8. The first kappa shape index (κ1) is 23.8. The Morgan fingerprint density at radius 1 is 1.10 bits per heavy atom. The fourth-order valence-corrected chi connectivity index (χ4v) is 3.45. The number of nitrogens with zero attached hydrogens (tertiary/aromatic N) is 2. The lowest BCUT2D eigenvalue weighted by Crippen LogP contribution is -2.36. The number of hydrogen-bond donors (Lipinski definition) is 2. The minimum atomic E-state index is 0. The number of methoxy groups -OCH3 is 1. The predicted octanol–water partition coefficient (Wildman–Crippen LogP) is 4.37. The van der Waals surface area contributed by atoms with E-state index in [1.807, 2.05) is 42.5 Å². The Hall–Kier alpha value is -2.47. The second kappa shape index (κ2) is 12.3. The predicted molar refractivity (Wildman–Crippen MR) is 129 cm³/mol. The van der Waals surface area contributed by atoms with Gasteiger partial charge in [0.15, 0.2) is 17.5 Å². The zero-order chi connectivity index (χ0) is 20.5. The molecule has 0 heterocycles. The van der Waals surface area contributed by atoms with Crippen molar-refractivity contribution in [3.63, 3.8) is 0 Å². The zero-order valence-corrected chi connectivity index (χ0v) is 19.8. The van der Waals surface area contributed by atoms with Crippen LogP contribution in [0.25, 0.3) is 0 Å². The second-order valence-corrected chi connectivity index (χ2v) is 7.06. The molecular formula is C23H29IN4O2. The van der Waals surface area contributed by atoms with Crippen molar-refractivity contribution in [2.45, 2.75) is 44.9 Å². The third-order valence-electron chi connectivity index (χ3n) is 5.08. The van der Waals surface area contributed by atoms with E-state index < -0.39 is 0 Å². The van der Waals surface area contributed by atoms with Gasteiger partial charge in [-0.15, -0.1) is 24.0 Å². The van der Waals surface area contributed by atoms with Crippen LogP contribution in [0.15, 0.2) is 47.5 Å². The Morgan fingerprint density at radius 2 is 1.80 bits per heavy atom. The topological polar surface area (TPSA) is 78.7 Å². The van der Waals surface area contributed by atoms with Gasteiger partial charge in [0.1, 0.15) is 0 Å². The van der Waals surface area contributed by atoms with Gasteiger partial charge >= 0.3 is 0 Å². The molecule has 0 amide bonds. The first-order chi connectivity index (χ1) is 14.2. The number of guanidine groups is 1. The van der Waals surface area contributed by atoms with Gasteiger partial charge in [-0.25, -0.2) is 0 Å². The summed E-state index contributed by atoms with van der Waals surface area (Å²) in [5.74, 6) is 2.28. The molecule has 1 fully saturated rings. The van der Waals surface area contributed by atoms with Gasteiger partial charge in [-0.2, -0.15) is 5.26 Å². The zero-order valence-electron chi connectivity index (χ0n) is 17.5. The molecule has 0 atom stereocenters.